The monoisotopic (exact) mass is 306 g/mol. The van der Waals surface area contributed by atoms with Crippen molar-refractivity contribution < 1.29 is 9.53 Å². The van der Waals surface area contributed by atoms with Crippen LogP contribution in [0.2, 0.25) is 0 Å². The Morgan fingerprint density at radius 3 is 2.65 bits per heavy atom. The Bertz CT molecular complexity index is 808. The molecule has 0 unspecified atom stereocenters. The van der Waals surface area contributed by atoms with Crippen LogP contribution >= 0.6 is 0 Å². The maximum atomic E-state index is 12.1. The first kappa shape index (κ1) is 15.0. The normalized spacial score (nSPS) is 10.5. The van der Waals surface area contributed by atoms with Crippen LogP contribution in [0.25, 0.3) is 10.9 Å². The minimum Gasteiger partial charge on any atom is -0.497 e. The number of nitrogens with one attached hydrogen (secondary N) is 1. The van der Waals surface area contributed by atoms with Gasteiger partial charge in [-0.05, 0) is 35.4 Å². The summed E-state index contributed by atoms with van der Waals surface area (Å²) < 4.78 is 5.11. The summed E-state index contributed by atoms with van der Waals surface area (Å²) in [7, 11) is 1.63. The molecule has 0 bridgehead atoms. The standard InChI is InChI=1S/C19H18N2O2/c1-23-16-8-6-14(7-9-16)12-19(22)21-13-15-10-11-20-18-5-3-2-4-17(15)18/h2-11H,12-13H2,1H3,(H,21,22). The van der Waals surface area contributed by atoms with Gasteiger partial charge in [-0.25, -0.2) is 0 Å². The second kappa shape index (κ2) is 6.92. The number of methoxy groups -OCH3 is 1. The maximum absolute atomic E-state index is 12.1. The molecule has 0 aliphatic heterocycles. The summed E-state index contributed by atoms with van der Waals surface area (Å²) in [4.78, 5) is 16.4. The van der Waals surface area contributed by atoms with Crippen molar-refractivity contribution >= 4 is 16.8 Å². The largest absolute Gasteiger partial charge is 0.497 e. The zero-order valence-corrected chi connectivity index (χ0v) is 13.0. The molecule has 4 nitrogen and oxygen atoms in total. The van der Waals surface area contributed by atoms with E-state index in [1.165, 1.54) is 0 Å². The molecule has 1 heterocycles. The number of benzene rings is 2. The van der Waals surface area contributed by atoms with Crippen molar-refractivity contribution in [2.24, 2.45) is 0 Å². The zero-order valence-electron chi connectivity index (χ0n) is 13.0. The lowest BCUT2D eigenvalue weighted by molar-refractivity contribution is -0.120. The first-order valence-corrected chi connectivity index (χ1v) is 7.48. The van der Waals surface area contributed by atoms with E-state index in [0.29, 0.717) is 13.0 Å². The summed E-state index contributed by atoms with van der Waals surface area (Å²) in [5.74, 6) is 0.786. The van der Waals surface area contributed by atoms with Gasteiger partial charge in [0.25, 0.3) is 0 Å². The highest BCUT2D eigenvalue weighted by atomic mass is 16.5. The lowest BCUT2D eigenvalue weighted by Crippen LogP contribution is -2.24. The fourth-order valence-electron chi connectivity index (χ4n) is 2.49. The van der Waals surface area contributed by atoms with Gasteiger partial charge in [0.15, 0.2) is 0 Å². The molecular weight excluding hydrogens is 288 g/mol. The van der Waals surface area contributed by atoms with Crippen molar-refractivity contribution in [2.45, 2.75) is 13.0 Å². The third-order valence-corrected chi connectivity index (χ3v) is 3.74. The average Bonchev–Trinajstić information content (AvgIpc) is 2.60. The number of carbonyl (C=O) groups is 1. The number of nitrogens with zero attached hydrogens (tertiary/aromatic N) is 1. The van der Waals surface area contributed by atoms with Crippen LogP contribution in [0.1, 0.15) is 11.1 Å². The van der Waals surface area contributed by atoms with Crippen LogP contribution in [0.15, 0.2) is 60.8 Å². The highest BCUT2D eigenvalue weighted by Gasteiger charge is 2.06. The number of ether oxygens (including phenoxy) is 1. The van der Waals surface area contributed by atoms with E-state index in [1.807, 2.05) is 54.6 Å². The second-order valence-electron chi connectivity index (χ2n) is 5.29. The van der Waals surface area contributed by atoms with Crippen molar-refractivity contribution in [3.63, 3.8) is 0 Å². The van der Waals surface area contributed by atoms with Gasteiger partial charge < -0.3 is 10.1 Å². The Morgan fingerprint density at radius 1 is 1.09 bits per heavy atom. The number of aromatic nitrogens is 1. The van der Waals surface area contributed by atoms with Crippen molar-refractivity contribution in [1.82, 2.24) is 10.3 Å². The molecule has 1 amide bonds. The van der Waals surface area contributed by atoms with Crippen molar-refractivity contribution in [3.05, 3.63) is 71.9 Å². The number of rotatable bonds is 5. The molecule has 0 aliphatic carbocycles. The Hall–Kier alpha value is -2.88. The Kier molecular flexibility index (Phi) is 4.52. The summed E-state index contributed by atoms with van der Waals surface area (Å²) in [6.07, 6.45) is 2.13. The van der Waals surface area contributed by atoms with E-state index in [2.05, 4.69) is 10.3 Å². The lowest BCUT2D eigenvalue weighted by Gasteiger charge is -2.08. The number of pyridine rings is 1. The molecule has 0 spiro atoms. The van der Waals surface area contributed by atoms with Crippen molar-refractivity contribution in [2.75, 3.05) is 7.11 Å². The fourth-order valence-corrected chi connectivity index (χ4v) is 2.49. The van der Waals surface area contributed by atoms with Gasteiger partial charge in [-0.1, -0.05) is 30.3 Å². The Morgan fingerprint density at radius 2 is 1.87 bits per heavy atom. The summed E-state index contributed by atoms with van der Waals surface area (Å²) in [5.41, 5.74) is 2.97. The molecular formula is C19H18N2O2. The van der Waals surface area contributed by atoms with Gasteiger partial charge in [-0.2, -0.15) is 0 Å². The van der Waals surface area contributed by atoms with E-state index in [9.17, 15) is 4.79 Å². The van der Waals surface area contributed by atoms with E-state index < -0.39 is 0 Å². The molecule has 3 rings (SSSR count). The van der Waals surface area contributed by atoms with E-state index in [0.717, 1.165) is 27.8 Å². The molecule has 2 aromatic carbocycles. The third-order valence-electron chi connectivity index (χ3n) is 3.74. The summed E-state index contributed by atoms with van der Waals surface area (Å²) in [6, 6.07) is 17.4. The smallest absolute Gasteiger partial charge is 0.224 e. The molecule has 3 aromatic rings. The molecule has 0 saturated heterocycles. The number of hydrogen-bond donors (Lipinski definition) is 1. The highest BCUT2D eigenvalue weighted by Crippen LogP contribution is 2.16. The van der Waals surface area contributed by atoms with Gasteiger partial charge in [0.2, 0.25) is 5.91 Å². The Balaban J connectivity index is 1.63. The zero-order chi connectivity index (χ0) is 16.1. The van der Waals surface area contributed by atoms with Crippen LogP contribution in [0.4, 0.5) is 0 Å². The molecule has 0 atom stereocenters. The predicted octanol–water partition coefficient (Wildman–Crippen LogP) is 3.10. The van der Waals surface area contributed by atoms with E-state index in [4.69, 9.17) is 4.74 Å². The predicted molar refractivity (Wildman–Crippen MR) is 90.3 cm³/mol. The molecule has 0 radical (unpaired) electrons. The molecule has 116 valence electrons. The molecule has 4 heteroatoms. The number of para-hydroxylation sites is 1. The van der Waals surface area contributed by atoms with Crippen LogP contribution in [0.5, 0.6) is 5.75 Å². The third kappa shape index (κ3) is 3.66. The van der Waals surface area contributed by atoms with Crippen molar-refractivity contribution in [1.29, 1.82) is 0 Å². The van der Waals surface area contributed by atoms with Gasteiger partial charge in [0.1, 0.15) is 5.75 Å². The van der Waals surface area contributed by atoms with Crippen molar-refractivity contribution in [3.8, 4) is 5.75 Å². The summed E-state index contributed by atoms with van der Waals surface area (Å²) in [6.45, 7) is 0.498. The van der Waals surface area contributed by atoms with Crippen LogP contribution < -0.4 is 10.1 Å². The van der Waals surface area contributed by atoms with Crippen LogP contribution in [0, 0.1) is 0 Å². The van der Waals surface area contributed by atoms with Gasteiger partial charge in [-0.3, -0.25) is 9.78 Å². The quantitative estimate of drug-likeness (QED) is 0.788. The van der Waals surface area contributed by atoms with Gasteiger partial charge >= 0.3 is 0 Å². The number of amides is 1. The molecule has 0 saturated carbocycles. The number of hydrogen-bond acceptors (Lipinski definition) is 3. The average molecular weight is 306 g/mol. The molecule has 1 N–H and O–H groups in total. The molecule has 0 aliphatic rings. The first-order valence-electron chi connectivity index (χ1n) is 7.48. The topological polar surface area (TPSA) is 51.2 Å². The van der Waals surface area contributed by atoms with Gasteiger partial charge in [0, 0.05) is 18.1 Å². The van der Waals surface area contributed by atoms with E-state index >= 15 is 0 Å². The van der Waals surface area contributed by atoms with Crippen LogP contribution in [0.3, 0.4) is 0 Å². The van der Waals surface area contributed by atoms with E-state index in [-0.39, 0.29) is 5.91 Å². The number of fused-ring (bicyclic) bond motifs is 1. The minimum atomic E-state index is -0.00365. The van der Waals surface area contributed by atoms with Crippen LogP contribution in [-0.2, 0) is 17.8 Å². The maximum Gasteiger partial charge on any atom is 0.224 e. The van der Waals surface area contributed by atoms with Gasteiger partial charge in [0.05, 0.1) is 19.0 Å². The Labute approximate surface area is 135 Å². The van der Waals surface area contributed by atoms with E-state index in [1.54, 1.807) is 13.3 Å². The first-order chi connectivity index (χ1) is 11.3. The lowest BCUT2D eigenvalue weighted by atomic mass is 10.1. The van der Waals surface area contributed by atoms with Gasteiger partial charge in [-0.15, -0.1) is 0 Å². The summed E-state index contributed by atoms with van der Waals surface area (Å²) in [5, 5.41) is 4.04. The second-order valence-corrected chi connectivity index (χ2v) is 5.29. The molecule has 1 aromatic heterocycles. The molecule has 23 heavy (non-hydrogen) atoms. The minimum absolute atomic E-state index is 0.00365. The fraction of sp³-hybridized carbons (Fsp3) is 0.158. The number of carbonyl (C=O) groups excluding carboxylic acids is 1. The highest BCUT2D eigenvalue weighted by molar-refractivity contribution is 5.83. The van der Waals surface area contributed by atoms with Crippen LogP contribution in [-0.4, -0.2) is 18.0 Å². The summed E-state index contributed by atoms with van der Waals surface area (Å²) >= 11 is 0. The SMILES string of the molecule is COc1ccc(CC(=O)NCc2ccnc3ccccc23)cc1. The molecule has 0 fully saturated rings.